The number of ketones is 1. The number of Topliss-reactive ketones (excluding diaryl/α,β-unsaturated/α-hetero) is 1. The van der Waals surface area contributed by atoms with Gasteiger partial charge >= 0.3 is 0 Å². The molecule has 0 bridgehead atoms. The molecule has 0 radical (unpaired) electrons. The summed E-state index contributed by atoms with van der Waals surface area (Å²) in [6.45, 7) is 11.0. The zero-order valence-electron chi connectivity index (χ0n) is 11.1. The minimum Gasteiger partial charge on any atom is -0.330 e. The molecule has 0 saturated heterocycles. The number of hydrogen-bond acceptors (Lipinski definition) is 2. The molecule has 0 aromatic heterocycles. The predicted octanol–water partition coefficient (Wildman–Crippen LogP) is 3.31. The van der Waals surface area contributed by atoms with E-state index in [1.807, 2.05) is 6.92 Å². The van der Waals surface area contributed by atoms with Gasteiger partial charge in [-0.1, -0.05) is 32.9 Å². The van der Waals surface area contributed by atoms with Crippen molar-refractivity contribution in [3.05, 3.63) is 12.2 Å². The first-order valence-corrected chi connectivity index (χ1v) is 6.39. The van der Waals surface area contributed by atoms with Crippen LogP contribution in [0.4, 0.5) is 0 Å². The number of rotatable bonds is 9. The molecule has 1 unspecified atom stereocenters. The van der Waals surface area contributed by atoms with Gasteiger partial charge in [0.2, 0.25) is 0 Å². The molecule has 0 aliphatic rings. The predicted molar refractivity (Wildman–Crippen MR) is 70.3 cm³/mol. The third-order valence-corrected chi connectivity index (χ3v) is 3.22. The van der Waals surface area contributed by atoms with Crippen LogP contribution in [-0.4, -0.2) is 12.3 Å². The highest BCUT2D eigenvalue weighted by molar-refractivity contribution is 5.80. The molecule has 94 valence electrons. The zero-order valence-corrected chi connectivity index (χ0v) is 11.1. The first-order valence-electron chi connectivity index (χ1n) is 6.39. The summed E-state index contributed by atoms with van der Waals surface area (Å²) < 4.78 is 0. The van der Waals surface area contributed by atoms with Gasteiger partial charge in [0.15, 0.2) is 0 Å². The lowest BCUT2D eigenvalue weighted by Crippen LogP contribution is -2.15. The summed E-state index contributed by atoms with van der Waals surface area (Å²) in [5.41, 5.74) is 6.62. The number of allylic oxidation sites excluding steroid dienone is 1. The van der Waals surface area contributed by atoms with Gasteiger partial charge in [0.25, 0.3) is 0 Å². The molecule has 0 aliphatic carbocycles. The molecule has 0 rings (SSSR count). The lowest BCUT2D eigenvalue weighted by Gasteiger charge is -2.19. The molecule has 0 fully saturated rings. The van der Waals surface area contributed by atoms with Crippen molar-refractivity contribution in [2.24, 2.45) is 17.6 Å². The fourth-order valence-electron chi connectivity index (χ4n) is 1.86. The van der Waals surface area contributed by atoms with Crippen LogP contribution in [0.25, 0.3) is 0 Å². The van der Waals surface area contributed by atoms with E-state index in [2.05, 4.69) is 20.4 Å². The van der Waals surface area contributed by atoms with Crippen LogP contribution in [0.5, 0.6) is 0 Å². The minimum atomic E-state index is 0.328. The third-order valence-electron chi connectivity index (χ3n) is 3.22. The molecule has 0 aliphatic heterocycles. The first-order chi connectivity index (χ1) is 7.51. The standard InChI is InChI=1S/C14H27NO/c1-5-12(4)10-14(16)7-6-13(8-9-15)11(2)3/h11,13H,4-10,15H2,1-3H3. The van der Waals surface area contributed by atoms with Crippen LogP contribution in [0, 0.1) is 11.8 Å². The summed E-state index contributed by atoms with van der Waals surface area (Å²) in [6.07, 6.45) is 4.15. The van der Waals surface area contributed by atoms with Gasteiger partial charge < -0.3 is 5.73 Å². The van der Waals surface area contributed by atoms with E-state index >= 15 is 0 Å². The van der Waals surface area contributed by atoms with Gasteiger partial charge in [0.1, 0.15) is 5.78 Å². The Morgan fingerprint density at radius 2 is 1.94 bits per heavy atom. The molecule has 1 atom stereocenters. The molecule has 2 N–H and O–H groups in total. The first kappa shape index (κ1) is 15.4. The number of hydrogen-bond donors (Lipinski definition) is 1. The molecule has 0 heterocycles. The number of carbonyl (C=O) groups excluding carboxylic acids is 1. The fraction of sp³-hybridized carbons (Fsp3) is 0.786. The summed E-state index contributed by atoms with van der Waals surface area (Å²) in [5, 5.41) is 0. The van der Waals surface area contributed by atoms with Gasteiger partial charge in [-0.05, 0) is 37.6 Å². The fourth-order valence-corrected chi connectivity index (χ4v) is 1.86. The Labute approximate surface area is 100 Å². The lowest BCUT2D eigenvalue weighted by atomic mass is 9.87. The topological polar surface area (TPSA) is 43.1 Å². The molecule has 0 spiro atoms. The molecular weight excluding hydrogens is 198 g/mol. The van der Waals surface area contributed by atoms with Gasteiger partial charge in [-0.3, -0.25) is 4.79 Å². The highest BCUT2D eigenvalue weighted by Crippen LogP contribution is 2.21. The van der Waals surface area contributed by atoms with Crippen LogP contribution >= 0.6 is 0 Å². The monoisotopic (exact) mass is 225 g/mol. The Balaban J connectivity index is 3.91. The Kier molecular flexibility index (Phi) is 8.18. The molecule has 16 heavy (non-hydrogen) atoms. The zero-order chi connectivity index (χ0) is 12.6. The second-order valence-electron chi connectivity index (χ2n) is 4.94. The van der Waals surface area contributed by atoms with E-state index in [-0.39, 0.29) is 0 Å². The highest BCUT2D eigenvalue weighted by atomic mass is 16.1. The van der Waals surface area contributed by atoms with E-state index < -0.39 is 0 Å². The van der Waals surface area contributed by atoms with Crippen molar-refractivity contribution in [2.45, 2.75) is 52.9 Å². The average Bonchev–Trinajstić information content (AvgIpc) is 2.23. The largest absolute Gasteiger partial charge is 0.330 e. The van der Waals surface area contributed by atoms with Crippen LogP contribution in [0.15, 0.2) is 12.2 Å². The lowest BCUT2D eigenvalue weighted by molar-refractivity contribution is -0.118. The molecule has 2 nitrogen and oxygen atoms in total. The number of nitrogens with two attached hydrogens (primary N) is 1. The van der Waals surface area contributed by atoms with Crippen molar-refractivity contribution in [1.29, 1.82) is 0 Å². The van der Waals surface area contributed by atoms with Crippen LogP contribution < -0.4 is 5.73 Å². The highest BCUT2D eigenvalue weighted by Gasteiger charge is 2.14. The summed E-state index contributed by atoms with van der Waals surface area (Å²) in [5.74, 6) is 1.53. The van der Waals surface area contributed by atoms with E-state index in [0.29, 0.717) is 30.5 Å². The van der Waals surface area contributed by atoms with Crippen molar-refractivity contribution in [2.75, 3.05) is 6.54 Å². The Hall–Kier alpha value is -0.630. The van der Waals surface area contributed by atoms with Crippen molar-refractivity contribution >= 4 is 5.78 Å². The maximum atomic E-state index is 11.7. The van der Waals surface area contributed by atoms with E-state index in [4.69, 9.17) is 5.73 Å². The van der Waals surface area contributed by atoms with Crippen LogP contribution in [0.3, 0.4) is 0 Å². The quantitative estimate of drug-likeness (QED) is 0.612. The van der Waals surface area contributed by atoms with Gasteiger partial charge in [-0.2, -0.15) is 0 Å². The summed E-state index contributed by atoms with van der Waals surface area (Å²) >= 11 is 0. The summed E-state index contributed by atoms with van der Waals surface area (Å²) in [7, 11) is 0. The maximum Gasteiger partial charge on any atom is 0.136 e. The maximum absolute atomic E-state index is 11.7. The van der Waals surface area contributed by atoms with Crippen molar-refractivity contribution in [1.82, 2.24) is 0 Å². The molecule has 0 aromatic rings. The van der Waals surface area contributed by atoms with E-state index in [0.717, 1.165) is 31.4 Å². The molecule has 2 heteroatoms. The minimum absolute atomic E-state index is 0.328. The Morgan fingerprint density at radius 3 is 2.38 bits per heavy atom. The van der Waals surface area contributed by atoms with Crippen molar-refractivity contribution in [3.63, 3.8) is 0 Å². The Morgan fingerprint density at radius 1 is 1.31 bits per heavy atom. The molecule has 0 aromatic carbocycles. The van der Waals surface area contributed by atoms with Gasteiger partial charge in [0, 0.05) is 12.8 Å². The molecule has 0 saturated carbocycles. The summed E-state index contributed by atoms with van der Waals surface area (Å²) in [6, 6.07) is 0. The smallest absolute Gasteiger partial charge is 0.136 e. The van der Waals surface area contributed by atoms with Crippen molar-refractivity contribution in [3.8, 4) is 0 Å². The normalized spacial score (nSPS) is 12.8. The van der Waals surface area contributed by atoms with Gasteiger partial charge in [0.05, 0.1) is 0 Å². The van der Waals surface area contributed by atoms with E-state index in [1.165, 1.54) is 0 Å². The second kappa shape index (κ2) is 8.51. The van der Waals surface area contributed by atoms with E-state index in [1.54, 1.807) is 0 Å². The third kappa shape index (κ3) is 6.78. The van der Waals surface area contributed by atoms with Gasteiger partial charge in [-0.25, -0.2) is 0 Å². The van der Waals surface area contributed by atoms with Crippen LogP contribution in [0.1, 0.15) is 52.9 Å². The number of carbonyl (C=O) groups is 1. The summed E-state index contributed by atoms with van der Waals surface area (Å²) in [4.78, 5) is 11.7. The van der Waals surface area contributed by atoms with Crippen LogP contribution in [0.2, 0.25) is 0 Å². The molecule has 0 amide bonds. The molecular formula is C14H27NO. The Bertz CT molecular complexity index is 221. The van der Waals surface area contributed by atoms with E-state index in [9.17, 15) is 4.79 Å². The van der Waals surface area contributed by atoms with Crippen LogP contribution in [-0.2, 0) is 4.79 Å². The second-order valence-corrected chi connectivity index (χ2v) is 4.94. The SMILES string of the molecule is C=C(CC)CC(=O)CCC(CCN)C(C)C. The average molecular weight is 225 g/mol. The van der Waals surface area contributed by atoms with Crippen molar-refractivity contribution < 1.29 is 4.79 Å². The van der Waals surface area contributed by atoms with Gasteiger partial charge in [-0.15, -0.1) is 0 Å².